The summed E-state index contributed by atoms with van der Waals surface area (Å²) in [7, 11) is 0. The Morgan fingerprint density at radius 1 is 1.14 bits per heavy atom. The van der Waals surface area contributed by atoms with Crippen LogP contribution >= 0.6 is 34.5 Å². The first-order chi connectivity index (χ1) is 6.65. The summed E-state index contributed by atoms with van der Waals surface area (Å²) in [6.45, 7) is 0. The third kappa shape index (κ3) is 1.95. The van der Waals surface area contributed by atoms with Crippen LogP contribution in [0.2, 0.25) is 10.4 Å². The highest BCUT2D eigenvalue weighted by Gasteiger charge is 2.07. The molecule has 0 saturated carbocycles. The summed E-state index contributed by atoms with van der Waals surface area (Å²) < 4.78 is 0. The third-order valence-electron chi connectivity index (χ3n) is 1.45. The number of hydrogen-bond acceptors (Lipinski definition) is 5. The van der Waals surface area contributed by atoms with Gasteiger partial charge in [0.05, 0.1) is 5.69 Å². The molecule has 0 aliphatic heterocycles. The highest BCUT2D eigenvalue weighted by molar-refractivity contribution is 7.13. The highest BCUT2D eigenvalue weighted by Crippen LogP contribution is 2.23. The van der Waals surface area contributed by atoms with Crippen molar-refractivity contribution in [1.82, 2.24) is 15.0 Å². The van der Waals surface area contributed by atoms with Crippen LogP contribution in [0.15, 0.2) is 11.4 Å². The van der Waals surface area contributed by atoms with Crippen molar-refractivity contribution in [1.29, 1.82) is 0 Å². The fourth-order valence-corrected chi connectivity index (χ4v) is 1.89. The Hall–Kier alpha value is -0.910. The average molecular weight is 247 g/mol. The molecule has 0 aromatic carbocycles. The fraction of sp³-hybridized carbons (Fsp3) is 0. The fourth-order valence-electron chi connectivity index (χ4n) is 0.926. The largest absolute Gasteiger partial charge is 0.375 e. The number of anilines is 1. The maximum atomic E-state index is 5.72. The van der Waals surface area contributed by atoms with Crippen LogP contribution in [0.4, 0.5) is 5.13 Å². The topological polar surface area (TPSA) is 64.7 Å². The average Bonchev–Trinajstić information content (AvgIpc) is 2.50. The molecule has 72 valence electrons. The number of rotatable bonds is 1. The minimum absolute atomic E-state index is 0.0964. The molecule has 0 unspecified atom stereocenters. The van der Waals surface area contributed by atoms with E-state index in [0.29, 0.717) is 16.5 Å². The van der Waals surface area contributed by atoms with Crippen molar-refractivity contribution in [2.24, 2.45) is 0 Å². The molecule has 2 aromatic heterocycles. The van der Waals surface area contributed by atoms with E-state index >= 15 is 0 Å². The van der Waals surface area contributed by atoms with Crippen molar-refractivity contribution in [2.75, 3.05) is 5.73 Å². The second kappa shape index (κ2) is 3.68. The van der Waals surface area contributed by atoms with Gasteiger partial charge < -0.3 is 5.73 Å². The van der Waals surface area contributed by atoms with E-state index in [0.717, 1.165) is 0 Å². The molecule has 0 bridgehead atoms. The van der Waals surface area contributed by atoms with Crippen LogP contribution in [0.5, 0.6) is 0 Å². The van der Waals surface area contributed by atoms with Crippen LogP contribution in [0.3, 0.4) is 0 Å². The molecule has 2 heterocycles. The number of nitrogens with zero attached hydrogens (tertiary/aromatic N) is 3. The SMILES string of the molecule is Nc1nc(-c2cc(Cl)nc(Cl)n2)cs1. The molecular weight excluding hydrogens is 243 g/mol. The van der Waals surface area contributed by atoms with E-state index in [9.17, 15) is 0 Å². The summed E-state index contributed by atoms with van der Waals surface area (Å²) in [4.78, 5) is 11.8. The van der Waals surface area contributed by atoms with E-state index in [-0.39, 0.29) is 10.4 Å². The van der Waals surface area contributed by atoms with Gasteiger partial charge in [-0.25, -0.2) is 15.0 Å². The molecular formula is C7H4Cl2N4S. The molecule has 7 heteroatoms. The van der Waals surface area contributed by atoms with E-state index in [1.165, 1.54) is 11.3 Å². The lowest BCUT2D eigenvalue weighted by Crippen LogP contribution is -1.89. The lowest BCUT2D eigenvalue weighted by Gasteiger charge is -1.96. The van der Waals surface area contributed by atoms with Gasteiger partial charge in [0.15, 0.2) is 5.13 Å². The summed E-state index contributed by atoms with van der Waals surface area (Å²) in [5, 5.41) is 2.64. The molecule has 0 amide bonds. The van der Waals surface area contributed by atoms with Gasteiger partial charge in [0.25, 0.3) is 0 Å². The molecule has 2 aromatic rings. The zero-order chi connectivity index (χ0) is 10.1. The van der Waals surface area contributed by atoms with E-state index in [2.05, 4.69) is 15.0 Å². The lowest BCUT2D eigenvalue weighted by molar-refractivity contribution is 1.16. The Bertz CT molecular complexity index is 450. The van der Waals surface area contributed by atoms with Gasteiger partial charge in [-0.3, -0.25) is 0 Å². The van der Waals surface area contributed by atoms with Crippen molar-refractivity contribution in [3.63, 3.8) is 0 Å². The predicted octanol–water partition coefficient (Wildman–Crippen LogP) is 2.49. The molecule has 0 atom stereocenters. The number of nitrogen functional groups attached to an aromatic ring is 1. The van der Waals surface area contributed by atoms with Crippen molar-refractivity contribution in [3.8, 4) is 11.4 Å². The van der Waals surface area contributed by atoms with Gasteiger partial charge in [-0.2, -0.15) is 0 Å². The second-order valence-corrected chi connectivity index (χ2v) is 4.03. The first-order valence-electron chi connectivity index (χ1n) is 3.56. The Labute approximate surface area is 93.7 Å². The molecule has 0 aliphatic rings. The van der Waals surface area contributed by atoms with Gasteiger partial charge in [-0.15, -0.1) is 11.3 Å². The molecule has 2 rings (SSSR count). The Morgan fingerprint density at radius 3 is 2.50 bits per heavy atom. The second-order valence-electron chi connectivity index (χ2n) is 2.42. The predicted molar refractivity (Wildman–Crippen MR) is 57.6 cm³/mol. The molecule has 2 N–H and O–H groups in total. The van der Waals surface area contributed by atoms with E-state index < -0.39 is 0 Å². The van der Waals surface area contributed by atoms with Crippen LogP contribution in [-0.4, -0.2) is 15.0 Å². The molecule has 0 fully saturated rings. The number of nitrogens with two attached hydrogens (primary N) is 1. The number of hydrogen-bond donors (Lipinski definition) is 1. The number of halogens is 2. The quantitative estimate of drug-likeness (QED) is 0.621. The van der Waals surface area contributed by atoms with Crippen molar-refractivity contribution < 1.29 is 0 Å². The normalized spacial score (nSPS) is 10.4. The standard InChI is InChI=1S/C7H4Cl2N4S/c8-5-1-3(11-6(9)13-5)4-2-14-7(10)12-4/h1-2H,(H2,10,12). The van der Waals surface area contributed by atoms with Crippen LogP contribution < -0.4 is 5.73 Å². The van der Waals surface area contributed by atoms with Crippen LogP contribution in [0, 0.1) is 0 Å². The third-order valence-corrected chi connectivity index (χ3v) is 2.49. The monoisotopic (exact) mass is 246 g/mol. The Kier molecular flexibility index (Phi) is 2.54. The smallest absolute Gasteiger partial charge is 0.224 e. The van der Waals surface area contributed by atoms with Gasteiger partial charge >= 0.3 is 0 Å². The summed E-state index contributed by atoms with van der Waals surface area (Å²) in [5.41, 5.74) is 6.71. The zero-order valence-corrected chi connectivity index (χ0v) is 9.07. The molecule has 0 saturated heterocycles. The summed E-state index contributed by atoms with van der Waals surface area (Å²) in [5.74, 6) is 0. The lowest BCUT2D eigenvalue weighted by atomic mass is 10.3. The van der Waals surface area contributed by atoms with Crippen molar-refractivity contribution in [3.05, 3.63) is 21.9 Å². The summed E-state index contributed by atoms with van der Waals surface area (Å²) in [6, 6.07) is 1.59. The molecule has 4 nitrogen and oxygen atoms in total. The molecule has 0 radical (unpaired) electrons. The van der Waals surface area contributed by atoms with Gasteiger partial charge in [0.1, 0.15) is 10.8 Å². The maximum Gasteiger partial charge on any atom is 0.224 e. The van der Waals surface area contributed by atoms with Gasteiger partial charge in [-0.1, -0.05) is 11.6 Å². The van der Waals surface area contributed by atoms with E-state index in [1.54, 1.807) is 11.4 Å². The van der Waals surface area contributed by atoms with Crippen LogP contribution in [0.25, 0.3) is 11.4 Å². The Balaban J connectivity index is 2.51. The summed E-state index contributed by atoms with van der Waals surface area (Å²) >= 11 is 12.7. The first-order valence-corrected chi connectivity index (χ1v) is 5.20. The van der Waals surface area contributed by atoms with Gasteiger partial charge in [0, 0.05) is 11.4 Å². The van der Waals surface area contributed by atoms with Gasteiger partial charge in [-0.05, 0) is 11.6 Å². The molecule has 0 aliphatic carbocycles. The first kappa shape index (κ1) is 9.64. The van der Waals surface area contributed by atoms with E-state index in [4.69, 9.17) is 28.9 Å². The number of thiazole rings is 1. The minimum atomic E-state index is 0.0964. The van der Waals surface area contributed by atoms with Crippen LogP contribution in [-0.2, 0) is 0 Å². The minimum Gasteiger partial charge on any atom is -0.375 e. The highest BCUT2D eigenvalue weighted by atomic mass is 35.5. The zero-order valence-electron chi connectivity index (χ0n) is 6.74. The maximum absolute atomic E-state index is 5.72. The van der Waals surface area contributed by atoms with Crippen molar-refractivity contribution in [2.45, 2.75) is 0 Å². The molecule has 14 heavy (non-hydrogen) atoms. The van der Waals surface area contributed by atoms with E-state index in [1.807, 2.05) is 0 Å². The van der Waals surface area contributed by atoms with Crippen molar-refractivity contribution >= 4 is 39.7 Å². The van der Waals surface area contributed by atoms with Gasteiger partial charge in [0.2, 0.25) is 5.28 Å². The number of aromatic nitrogens is 3. The Morgan fingerprint density at radius 2 is 1.93 bits per heavy atom. The van der Waals surface area contributed by atoms with Crippen LogP contribution in [0.1, 0.15) is 0 Å². The molecule has 0 spiro atoms. The summed E-state index contributed by atoms with van der Waals surface area (Å²) in [6.07, 6.45) is 0.